The molecule has 1 aromatic heterocycles. The smallest absolute Gasteiger partial charge is 0.348 e. The van der Waals surface area contributed by atoms with Gasteiger partial charge in [0.2, 0.25) is 0 Å². The van der Waals surface area contributed by atoms with Gasteiger partial charge in [-0.15, -0.1) is 0 Å². The van der Waals surface area contributed by atoms with Gasteiger partial charge in [0.1, 0.15) is 11.6 Å². The third kappa shape index (κ3) is 3.12. The summed E-state index contributed by atoms with van der Waals surface area (Å²) in [5, 5.41) is 9.07. The lowest BCUT2D eigenvalue weighted by atomic mass is 10.1. The molecule has 0 saturated heterocycles. The highest BCUT2D eigenvalue weighted by molar-refractivity contribution is 9.10. The van der Waals surface area contributed by atoms with Crippen LogP contribution in [0.3, 0.4) is 0 Å². The molecule has 0 unspecified atom stereocenters. The number of ether oxygens (including phenoxy) is 1. The molecule has 112 valence electrons. The number of halogens is 1. The van der Waals surface area contributed by atoms with Gasteiger partial charge in [0.25, 0.3) is 0 Å². The van der Waals surface area contributed by atoms with Gasteiger partial charge in [0.05, 0.1) is 7.11 Å². The number of carbonyl (C=O) groups excluding carboxylic acids is 1. The minimum absolute atomic E-state index is 0.0152. The van der Waals surface area contributed by atoms with E-state index in [2.05, 4.69) is 25.2 Å². The van der Waals surface area contributed by atoms with Crippen molar-refractivity contribution in [1.29, 1.82) is 5.26 Å². The Kier molecular flexibility index (Phi) is 4.84. The summed E-state index contributed by atoms with van der Waals surface area (Å²) in [4.78, 5) is 11.5. The fraction of sp³-hybridized carbons (Fsp3) is 0.176. The SMILES string of the molecule is COC(=O)/C(C#N)=C/c1cc(C)n(-c2ccc(Br)cc2)c1C. The number of hydrogen-bond acceptors (Lipinski definition) is 3. The largest absolute Gasteiger partial charge is 0.465 e. The van der Waals surface area contributed by atoms with Crippen LogP contribution in [0.25, 0.3) is 11.8 Å². The number of nitrogens with zero attached hydrogens (tertiary/aromatic N) is 2. The zero-order valence-electron chi connectivity index (χ0n) is 12.6. The molecule has 1 heterocycles. The van der Waals surface area contributed by atoms with Gasteiger partial charge in [-0.1, -0.05) is 15.9 Å². The van der Waals surface area contributed by atoms with Crippen LogP contribution in [0.1, 0.15) is 17.0 Å². The molecule has 5 heteroatoms. The Hall–Kier alpha value is -2.32. The lowest BCUT2D eigenvalue weighted by Gasteiger charge is -2.09. The van der Waals surface area contributed by atoms with Crippen LogP contribution < -0.4 is 0 Å². The third-order valence-corrected chi connectivity index (χ3v) is 3.91. The molecule has 0 aliphatic carbocycles. The van der Waals surface area contributed by atoms with Crippen molar-refractivity contribution in [2.75, 3.05) is 7.11 Å². The molecule has 4 nitrogen and oxygen atoms in total. The number of hydrogen-bond donors (Lipinski definition) is 0. The van der Waals surface area contributed by atoms with Crippen LogP contribution in [0.5, 0.6) is 0 Å². The van der Waals surface area contributed by atoms with Crippen LogP contribution in [-0.4, -0.2) is 17.6 Å². The molecule has 0 aliphatic heterocycles. The van der Waals surface area contributed by atoms with E-state index in [1.165, 1.54) is 7.11 Å². The average Bonchev–Trinajstić information content (AvgIpc) is 2.79. The Labute approximate surface area is 137 Å². The Bertz CT molecular complexity index is 780. The van der Waals surface area contributed by atoms with Crippen LogP contribution in [0.2, 0.25) is 0 Å². The summed E-state index contributed by atoms with van der Waals surface area (Å²) in [6.07, 6.45) is 1.56. The van der Waals surface area contributed by atoms with Crippen LogP contribution in [0, 0.1) is 25.2 Å². The van der Waals surface area contributed by atoms with Crippen molar-refractivity contribution in [2.45, 2.75) is 13.8 Å². The summed E-state index contributed by atoms with van der Waals surface area (Å²) in [5.74, 6) is -0.629. The molecular formula is C17H15BrN2O2. The average molecular weight is 359 g/mol. The van der Waals surface area contributed by atoms with Crippen molar-refractivity contribution in [3.8, 4) is 11.8 Å². The van der Waals surface area contributed by atoms with Gasteiger partial charge in [-0.3, -0.25) is 0 Å². The second-order valence-electron chi connectivity index (χ2n) is 4.80. The predicted molar refractivity (Wildman–Crippen MR) is 88.5 cm³/mol. The number of nitriles is 1. The van der Waals surface area contributed by atoms with Crippen molar-refractivity contribution in [3.05, 3.63) is 57.3 Å². The molecule has 0 radical (unpaired) electrons. The van der Waals surface area contributed by atoms with E-state index in [1.807, 2.05) is 50.2 Å². The molecule has 2 rings (SSSR count). The van der Waals surface area contributed by atoms with E-state index in [-0.39, 0.29) is 5.57 Å². The molecule has 1 aromatic carbocycles. The first-order valence-corrected chi connectivity index (χ1v) is 7.42. The van der Waals surface area contributed by atoms with E-state index >= 15 is 0 Å². The van der Waals surface area contributed by atoms with Gasteiger partial charge < -0.3 is 9.30 Å². The summed E-state index contributed by atoms with van der Waals surface area (Å²) in [6.45, 7) is 3.93. The lowest BCUT2D eigenvalue weighted by molar-refractivity contribution is -0.135. The Morgan fingerprint density at radius 3 is 2.50 bits per heavy atom. The second kappa shape index (κ2) is 6.63. The minimum atomic E-state index is -0.629. The van der Waals surface area contributed by atoms with Crippen molar-refractivity contribution >= 4 is 28.0 Å². The predicted octanol–water partition coefficient (Wildman–Crippen LogP) is 3.94. The first-order chi connectivity index (χ1) is 10.5. The summed E-state index contributed by atoms with van der Waals surface area (Å²) in [5.41, 5.74) is 3.81. The maximum Gasteiger partial charge on any atom is 0.348 e. The van der Waals surface area contributed by atoms with Crippen molar-refractivity contribution < 1.29 is 9.53 Å². The number of aromatic nitrogens is 1. The second-order valence-corrected chi connectivity index (χ2v) is 5.72. The first kappa shape index (κ1) is 16.1. The third-order valence-electron chi connectivity index (χ3n) is 3.38. The zero-order chi connectivity index (χ0) is 16.3. The molecule has 0 atom stereocenters. The van der Waals surface area contributed by atoms with Crippen LogP contribution >= 0.6 is 15.9 Å². The maximum atomic E-state index is 11.5. The number of carbonyl (C=O) groups is 1. The normalized spacial score (nSPS) is 11.1. The van der Waals surface area contributed by atoms with E-state index in [0.717, 1.165) is 27.1 Å². The van der Waals surface area contributed by atoms with Gasteiger partial charge in [-0.2, -0.15) is 5.26 Å². The highest BCUT2D eigenvalue weighted by Gasteiger charge is 2.13. The number of benzene rings is 1. The fourth-order valence-electron chi connectivity index (χ4n) is 2.32. The van der Waals surface area contributed by atoms with Gasteiger partial charge in [0, 0.05) is 21.5 Å². The van der Waals surface area contributed by atoms with E-state index in [0.29, 0.717) is 0 Å². The summed E-state index contributed by atoms with van der Waals surface area (Å²) >= 11 is 3.42. The summed E-state index contributed by atoms with van der Waals surface area (Å²) in [7, 11) is 1.26. The van der Waals surface area contributed by atoms with Crippen molar-refractivity contribution in [1.82, 2.24) is 4.57 Å². The van der Waals surface area contributed by atoms with Gasteiger partial charge in [-0.25, -0.2) is 4.79 Å². The molecule has 0 aliphatic rings. The van der Waals surface area contributed by atoms with Crippen LogP contribution in [-0.2, 0) is 9.53 Å². The summed E-state index contributed by atoms with van der Waals surface area (Å²) < 4.78 is 7.69. The monoisotopic (exact) mass is 358 g/mol. The molecule has 0 amide bonds. The van der Waals surface area contributed by atoms with Crippen LogP contribution in [0.4, 0.5) is 0 Å². The fourth-order valence-corrected chi connectivity index (χ4v) is 2.59. The molecular weight excluding hydrogens is 344 g/mol. The van der Waals surface area contributed by atoms with E-state index in [9.17, 15) is 4.79 Å². The summed E-state index contributed by atoms with van der Waals surface area (Å²) in [6, 6.07) is 11.8. The Balaban J connectivity index is 2.52. The first-order valence-electron chi connectivity index (χ1n) is 6.63. The number of methoxy groups -OCH3 is 1. The van der Waals surface area contributed by atoms with Gasteiger partial charge >= 0.3 is 5.97 Å². The molecule has 22 heavy (non-hydrogen) atoms. The molecule has 2 aromatic rings. The molecule has 0 bridgehead atoms. The van der Waals surface area contributed by atoms with E-state index in [1.54, 1.807) is 6.08 Å². The number of aryl methyl sites for hydroxylation is 1. The Morgan fingerprint density at radius 1 is 1.32 bits per heavy atom. The molecule has 0 spiro atoms. The number of esters is 1. The molecule has 0 N–H and O–H groups in total. The van der Waals surface area contributed by atoms with E-state index in [4.69, 9.17) is 5.26 Å². The molecule has 0 fully saturated rings. The Morgan fingerprint density at radius 2 is 1.95 bits per heavy atom. The maximum absolute atomic E-state index is 11.5. The quantitative estimate of drug-likeness (QED) is 0.474. The highest BCUT2D eigenvalue weighted by Crippen LogP contribution is 2.24. The van der Waals surface area contributed by atoms with Gasteiger partial charge in [0.15, 0.2) is 0 Å². The minimum Gasteiger partial charge on any atom is -0.465 e. The highest BCUT2D eigenvalue weighted by atomic mass is 79.9. The number of rotatable bonds is 3. The van der Waals surface area contributed by atoms with Crippen molar-refractivity contribution in [2.24, 2.45) is 0 Å². The molecule has 0 saturated carbocycles. The topological polar surface area (TPSA) is 55.0 Å². The van der Waals surface area contributed by atoms with Crippen molar-refractivity contribution in [3.63, 3.8) is 0 Å². The van der Waals surface area contributed by atoms with E-state index < -0.39 is 5.97 Å². The van der Waals surface area contributed by atoms with Gasteiger partial charge in [-0.05, 0) is 55.8 Å². The standard InChI is InChI=1S/C17H15BrN2O2/c1-11-8-13(9-14(10-19)17(21)22-3)12(2)20(11)16-6-4-15(18)5-7-16/h4-9H,1-3H3/b14-9+. The zero-order valence-corrected chi connectivity index (χ0v) is 14.1. The lowest BCUT2D eigenvalue weighted by Crippen LogP contribution is -2.03. The van der Waals surface area contributed by atoms with Crippen LogP contribution in [0.15, 0.2) is 40.4 Å².